The van der Waals surface area contributed by atoms with Crippen molar-refractivity contribution in [2.75, 3.05) is 5.32 Å². The first-order chi connectivity index (χ1) is 10.7. The van der Waals surface area contributed by atoms with Crippen LogP contribution in [0, 0.1) is 35.0 Å². The van der Waals surface area contributed by atoms with Crippen LogP contribution < -0.4 is 5.32 Å². The molecule has 0 saturated heterocycles. The number of thiophene rings is 1. The van der Waals surface area contributed by atoms with E-state index in [-0.39, 0.29) is 11.8 Å². The lowest BCUT2D eigenvalue weighted by Gasteiger charge is -2.20. The molecule has 3 nitrogen and oxygen atoms in total. The van der Waals surface area contributed by atoms with Gasteiger partial charge in [0.05, 0.1) is 5.56 Å². The molecule has 4 atom stereocenters. The Morgan fingerprint density at radius 3 is 2.86 bits per heavy atom. The summed E-state index contributed by atoms with van der Waals surface area (Å²) in [5, 5.41) is 13.4. The van der Waals surface area contributed by atoms with Crippen LogP contribution in [-0.4, -0.2) is 5.91 Å². The number of amides is 1. The van der Waals surface area contributed by atoms with E-state index in [2.05, 4.69) is 18.3 Å². The van der Waals surface area contributed by atoms with Gasteiger partial charge in [-0.15, -0.1) is 11.3 Å². The third-order valence-electron chi connectivity index (χ3n) is 5.94. The van der Waals surface area contributed by atoms with Gasteiger partial charge in [0.25, 0.3) is 0 Å². The van der Waals surface area contributed by atoms with Crippen molar-refractivity contribution in [2.45, 2.75) is 51.9 Å². The Morgan fingerprint density at radius 2 is 2.18 bits per heavy atom. The topological polar surface area (TPSA) is 52.9 Å². The zero-order chi connectivity index (χ0) is 15.3. The molecule has 0 aliphatic heterocycles. The van der Waals surface area contributed by atoms with Crippen molar-refractivity contribution in [1.82, 2.24) is 0 Å². The summed E-state index contributed by atoms with van der Waals surface area (Å²) in [6, 6.07) is 2.34. The van der Waals surface area contributed by atoms with Gasteiger partial charge in [0.1, 0.15) is 11.1 Å². The molecule has 1 heterocycles. The van der Waals surface area contributed by atoms with Gasteiger partial charge in [-0.1, -0.05) is 13.3 Å². The first kappa shape index (κ1) is 14.3. The Bertz CT molecular complexity index is 657. The average Bonchev–Trinajstić information content (AvgIpc) is 3.19. The molecule has 0 radical (unpaired) electrons. The van der Waals surface area contributed by atoms with E-state index in [0.717, 1.165) is 42.2 Å². The van der Waals surface area contributed by atoms with E-state index in [1.807, 2.05) is 0 Å². The molecule has 4 rings (SSSR count). The fourth-order valence-electron chi connectivity index (χ4n) is 4.73. The largest absolute Gasteiger partial charge is 0.316 e. The zero-order valence-corrected chi connectivity index (χ0v) is 13.8. The molecule has 1 aromatic rings. The standard InChI is InChI=1S/C18H22N2OS/c1-10-2-5-13-15(9-19)18(22-16(13)6-10)20-17(21)14-8-11-3-4-12(14)7-11/h10-12,14H,2-8H2,1H3,(H,20,21)/t10-,11+,12+,14+/m1/s1. The summed E-state index contributed by atoms with van der Waals surface area (Å²) in [5.41, 5.74) is 1.94. The predicted octanol–water partition coefficient (Wildman–Crippen LogP) is 4.12. The van der Waals surface area contributed by atoms with Crippen LogP contribution in [0.3, 0.4) is 0 Å². The second kappa shape index (κ2) is 5.38. The lowest BCUT2D eigenvalue weighted by atomic mass is 9.88. The van der Waals surface area contributed by atoms with Crippen LogP contribution in [0.2, 0.25) is 0 Å². The minimum atomic E-state index is 0.162. The summed E-state index contributed by atoms with van der Waals surface area (Å²) >= 11 is 1.64. The molecular weight excluding hydrogens is 292 g/mol. The third kappa shape index (κ3) is 2.27. The number of anilines is 1. The van der Waals surface area contributed by atoms with Crippen molar-refractivity contribution in [3.63, 3.8) is 0 Å². The van der Waals surface area contributed by atoms with E-state index in [1.165, 1.54) is 29.7 Å². The molecule has 0 aromatic carbocycles. The van der Waals surface area contributed by atoms with Gasteiger partial charge in [-0.3, -0.25) is 4.79 Å². The molecule has 3 aliphatic rings. The number of carbonyl (C=O) groups excluding carboxylic acids is 1. The van der Waals surface area contributed by atoms with Crippen molar-refractivity contribution in [1.29, 1.82) is 5.26 Å². The van der Waals surface area contributed by atoms with E-state index >= 15 is 0 Å². The highest BCUT2D eigenvalue weighted by molar-refractivity contribution is 7.16. The van der Waals surface area contributed by atoms with Crippen LogP contribution in [0.5, 0.6) is 0 Å². The van der Waals surface area contributed by atoms with Gasteiger partial charge >= 0.3 is 0 Å². The lowest BCUT2D eigenvalue weighted by molar-refractivity contribution is -0.121. The number of hydrogen-bond donors (Lipinski definition) is 1. The maximum absolute atomic E-state index is 12.6. The summed E-state index contributed by atoms with van der Waals surface area (Å²) in [7, 11) is 0. The molecule has 3 aliphatic carbocycles. The molecule has 2 fully saturated rings. The summed E-state index contributed by atoms with van der Waals surface area (Å²) in [6.07, 6.45) is 8.01. The van der Waals surface area contributed by atoms with E-state index in [4.69, 9.17) is 0 Å². The Hall–Kier alpha value is -1.34. The van der Waals surface area contributed by atoms with Gasteiger partial charge in [0.15, 0.2) is 0 Å². The van der Waals surface area contributed by atoms with Crippen molar-refractivity contribution in [2.24, 2.45) is 23.7 Å². The molecular formula is C18H22N2OS. The Balaban J connectivity index is 1.56. The molecule has 22 heavy (non-hydrogen) atoms. The molecule has 2 saturated carbocycles. The van der Waals surface area contributed by atoms with Crippen LogP contribution >= 0.6 is 11.3 Å². The molecule has 1 aromatic heterocycles. The van der Waals surface area contributed by atoms with Crippen LogP contribution in [-0.2, 0) is 17.6 Å². The smallest absolute Gasteiger partial charge is 0.228 e. The number of nitrogens with one attached hydrogen (secondary N) is 1. The fraction of sp³-hybridized carbons (Fsp3) is 0.667. The monoisotopic (exact) mass is 314 g/mol. The molecule has 0 spiro atoms. The first-order valence-corrected chi connectivity index (χ1v) is 9.32. The molecule has 2 bridgehead atoms. The second-order valence-electron chi connectivity index (χ2n) is 7.44. The van der Waals surface area contributed by atoms with Crippen LogP contribution in [0.4, 0.5) is 5.00 Å². The lowest BCUT2D eigenvalue weighted by Crippen LogP contribution is -2.27. The Morgan fingerprint density at radius 1 is 1.32 bits per heavy atom. The van der Waals surface area contributed by atoms with Gasteiger partial charge in [0, 0.05) is 10.8 Å². The van der Waals surface area contributed by atoms with E-state index in [1.54, 1.807) is 11.3 Å². The minimum Gasteiger partial charge on any atom is -0.316 e. The minimum absolute atomic E-state index is 0.162. The van der Waals surface area contributed by atoms with Crippen molar-refractivity contribution in [3.05, 3.63) is 16.0 Å². The quantitative estimate of drug-likeness (QED) is 0.892. The van der Waals surface area contributed by atoms with Crippen molar-refractivity contribution >= 4 is 22.2 Å². The SMILES string of the molecule is C[C@@H]1CCc2c(sc(NC(=O)[C@H]3C[C@H]4CC[C@H]3C4)c2C#N)C1. The number of hydrogen-bond acceptors (Lipinski definition) is 3. The second-order valence-corrected chi connectivity index (χ2v) is 8.54. The van der Waals surface area contributed by atoms with E-state index in [0.29, 0.717) is 11.8 Å². The highest BCUT2D eigenvalue weighted by Gasteiger charge is 2.43. The highest BCUT2D eigenvalue weighted by atomic mass is 32.1. The molecule has 4 heteroatoms. The molecule has 1 amide bonds. The van der Waals surface area contributed by atoms with Crippen LogP contribution in [0.25, 0.3) is 0 Å². The van der Waals surface area contributed by atoms with E-state index < -0.39 is 0 Å². The zero-order valence-electron chi connectivity index (χ0n) is 13.0. The number of nitrogens with zero attached hydrogens (tertiary/aromatic N) is 1. The van der Waals surface area contributed by atoms with Crippen LogP contribution in [0.1, 0.15) is 55.0 Å². The third-order valence-corrected chi connectivity index (χ3v) is 7.10. The number of carbonyl (C=O) groups is 1. The molecule has 1 N–H and O–H groups in total. The average molecular weight is 314 g/mol. The highest BCUT2D eigenvalue weighted by Crippen LogP contribution is 2.49. The first-order valence-electron chi connectivity index (χ1n) is 8.51. The normalized spacial score (nSPS) is 32.5. The van der Waals surface area contributed by atoms with E-state index in [9.17, 15) is 10.1 Å². The van der Waals surface area contributed by atoms with Gasteiger partial charge in [0.2, 0.25) is 5.91 Å². The summed E-state index contributed by atoms with van der Waals surface area (Å²) in [5.74, 6) is 2.39. The Kier molecular flexibility index (Phi) is 3.49. The summed E-state index contributed by atoms with van der Waals surface area (Å²) in [6.45, 7) is 2.27. The number of fused-ring (bicyclic) bond motifs is 3. The molecule has 0 unspecified atom stereocenters. The number of nitriles is 1. The van der Waals surface area contributed by atoms with Gasteiger partial charge in [-0.2, -0.15) is 5.26 Å². The summed E-state index contributed by atoms with van der Waals surface area (Å²) in [4.78, 5) is 14.0. The van der Waals surface area contributed by atoms with Gasteiger partial charge in [-0.05, 0) is 61.8 Å². The molecule has 116 valence electrons. The number of rotatable bonds is 2. The maximum atomic E-state index is 12.6. The summed E-state index contributed by atoms with van der Waals surface area (Å²) < 4.78 is 0. The van der Waals surface area contributed by atoms with Gasteiger partial charge < -0.3 is 5.32 Å². The Labute approximate surface area is 135 Å². The fourth-order valence-corrected chi connectivity index (χ4v) is 6.09. The van der Waals surface area contributed by atoms with Crippen LogP contribution in [0.15, 0.2) is 0 Å². The van der Waals surface area contributed by atoms with Crippen molar-refractivity contribution < 1.29 is 4.79 Å². The van der Waals surface area contributed by atoms with Gasteiger partial charge in [-0.25, -0.2) is 0 Å². The van der Waals surface area contributed by atoms with Crippen molar-refractivity contribution in [3.8, 4) is 6.07 Å². The predicted molar refractivity (Wildman–Crippen MR) is 87.8 cm³/mol. The maximum Gasteiger partial charge on any atom is 0.228 e.